The molecule has 8 nitrogen and oxygen atoms in total. The number of benzene rings is 4. The van der Waals surface area contributed by atoms with Crippen molar-refractivity contribution in [2.45, 2.75) is 0 Å². The van der Waals surface area contributed by atoms with Gasteiger partial charge in [-0.15, -0.1) is 0 Å². The fourth-order valence-electron chi connectivity index (χ4n) is 4.05. The SMILES string of the molecule is CN(C)c1ccc(C=Nn2c(-c3ccccc3)nc3ccccc3c2=O)c(OCC(=O)Nc2ccccc2F)c1. The molecular weight excluding hydrogens is 509 g/mol. The van der Waals surface area contributed by atoms with Gasteiger partial charge in [-0.05, 0) is 36.4 Å². The Morgan fingerprint density at radius 1 is 1.00 bits per heavy atom. The van der Waals surface area contributed by atoms with E-state index in [9.17, 15) is 14.0 Å². The molecule has 0 atom stereocenters. The number of carbonyl (C=O) groups is 1. The van der Waals surface area contributed by atoms with Crippen LogP contribution in [0.4, 0.5) is 15.8 Å². The number of anilines is 2. The molecule has 4 aromatic carbocycles. The molecular formula is C31H26FN5O3. The smallest absolute Gasteiger partial charge is 0.282 e. The number of hydrogen-bond acceptors (Lipinski definition) is 6. The van der Waals surface area contributed by atoms with Gasteiger partial charge in [0.05, 0.1) is 22.8 Å². The zero-order valence-electron chi connectivity index (χ0n) is 21.9. The number of fused-ring (bicyclic) bond motifs is 1. The van der Waals surface area contributed by atoms with Crippen LogP contribution in [0, 0.1) is 5.82 Å². The van der Waals surface area contributed by atoms with E-state index in [0.717, 1.165) is 11.3 Å². The molecule has 9 heteroatoms. The third-order valence-electron chi connectivity index (χ3n) is 6.12. The number of amides is 1. The highest BCUT2D eigenvalue weighted by atomic mass is 19.1. The molecule has 0 unspecified atom stereocenters. The van der Waals surface area contributed by atoms with Gasteiger partial charge in [0.15, 0.2) is 12.4 Å². The van der Waals surface area contributed by atoms with Crippen LogP contribution in [0.2, 0.25) is 0 Å². The molecule has 200 valence electrons. The van der Waals surface area contributed by atoms with Crippen molar-refractivity contribution in [1.82, 2.24) is 9.66 Å². The number of para-hydroxylation sites is 2. The largest absolute Gasteiger partial charge is 0.483 e. The van der Waals surface area contributed by atoms with Gasteiger partial charge in [0, 0.05) is 37.0 Å². The van der Waals surface area contributed by atoms with Gasteiger partial charge in [0.2, 0.25) is 0 Å². The first-order chi connectivity index (χ1) is 19.4. The number of aromatic nitrogens is 2. The number of nitrogens with one attached hydrogen (secondary N) is 1. The van der Waals surface area contributed by atoms with Crippen molar-refractivity contribution in [3.63, 3.8) is 0 Å². The van der Waals surface area contributed by atoms with Gasteiger partial charge >= 0.3 is 0 Å². The summed E-state index contributed by atoms with van der Waals surface area (Å²) >= 11 is 0. The lowest BCUT2D eigenvalue weighted by Crippen LogP contribution is -2.22. The Morgan fingerprint density at radius 3 is 2.50 bits per heavy atom. The van der Waals surface area contributed by atoms with Crippen LogP contribution in [0.1, 0.15) is 5.56 Å². The van der Waals surface area contributed by atoms with E-state index in [2.05, 4.69) is 10.4 Å². The Bertz CT molecular complexity index is 1770. The zero-order valence-corrected chi connectivity index (χ0v) is 21.9. The van der Waals surface area contributed by atoms with Crippen molar-refractivity contribution in [3.8, 4) is 17.1 Å². The van der Waals surface area contributed by atoms with Crippen LogP contribution < -0.4 is 20.5 Å². The first-order valence-electron chi connectivity index (χ1n) is 12.5. The summed E-state index contributed by atoms with van der Waals surface area (Å²) in [7, 11) is 3.76. The minimum Gasteiger partial charge on any atom is -0.483 e. The van der Waals surface area contributed by atoms with E-state index in [-0.39, 0.29) is 17.9 Å². The molecule has 1 amide bonds. The van der Waals surface area contributed by atoms with Gasteiger partial charge in [-0.25, -0.2) is 9.37 Å². The van der Waals surface area contributed by atoms with Gasteiger partial charge in [0.25, 0.3) is 11.5 Å². The van der Waals surface area contributed by atoms with E-state index in [1.54, 1.807) is 42.5 Å². The fraction of sp³-hybridized carbons (Fsp3) is 0.0968. The highest BCUT2D eigenvalue weighted by Gasteiger charge is 2.14. The Kier molecular flexibility index (Phi) is 7.63. The normalized spacial score (nSPS) is 11.1. The fourth-order valence-corrected chi connectivity index (χ4v) is 4.05. The van der Waals surface area contributed by atoms with E-state index in [1.807, 2.05) is 61.5 Å². The molecule has 1 aromatic heterocycles. The molecule has 0 saturated heterocycles. The van der Waals surface area contributed by atoms with Crippen molar-refractivity contribution in [2.24, 2.45) is 5.10 Å². The van der Waals surface area contributed by atoms with Gasteiger partial charge in [0.1, 0.15) is 11.6 Å². The van der Waals surface area contributed by atoms with Crippen LogP contribution in [-0.4, -0.2) is 42.5 Å². The summed E-state index contributed by atoms with van der Waals surface area (Å²) in [4.78, 5) is 32.6. The summed E-state index contributed by atoms with van der Waals surface area (Å²) in [6.45, 7) is -0.362. The van der Waals surface area contributed by atoms with Crippen LogP contribution in [-0.2, 0) is 4.79 Å². The molecule has 0 fully saturated rings. The molecule has 0 aliphatic carbocycles. The van der Waals surface area contributed by atoms with Gasteiger partial charge in [-0.3, -0.25) is 9.59 Å². The lowest BCUT2D eigenvalue weighted by atomic mass is 10.2. The van der Waals surface area contributed by atoms with Gasteiger partial charge < -0.3 is 15.0 Å². The Balaban J connectivity index is 1.50. The predicted molar refractivity (Wildman–Crippen MR) is 156 cm³/mol. The molecule has 0 spiro atoms. The van der Waals surface area contributed by atoms with E-state index in [4.69, 9.17) is 9.72 Å². The van der Waals surface area contributed by atoms with Crippen LogP contribution in [0.25, 0.3) is 22.3 Å². The predicted octanol–water partition coefficient (Wildman–Crippen LogP) is 5.17. The van der Waals surface area contributed by atoms with Crippen molar-refractivity contribution in [3.05, 3.63) is 119 Å². The molecule has 0 bridgehead atoms. The minimum absolute atomic E-state index is 0.0662. The maximum Gasteiger partial charge on any atom is 0.282 e. The summed E-state index contributed by atoms with van der Waals surface area (Å²) < 4.78 is 21.1. The van der Waals surface area contributed by atoms with Crippen molar-refractivity contribution in [1.29, 1.82) is 0 Å². The van der Waals surface area contributed by atoms with Crippen molar-refractivity contribution < 1.29 is 13.9 Å². The maximum atomic E-state index is 14.0. The minimum atomic E-state index is -0.540. The second-order valence-electron chi connectivity index (χ2n) is 9.11. The second kappa shape index (κ2) is 11.6. The second-order valence-corrected chi connectivity index (χ2v) is 9.11. The van der Waals surface area contributed by atoms with Gasteiger partial charge in [-0.2, -0.15) is 9.78 Å². The van der Waals surface area contributed by atoms with Crippen molar-refractivity contribution in [2.75, 3.05) is 30.9 Å². The number of rotatable bonds is 8. The molecule has 0 saturated carbocycles. The summed E-state index contributed by atoms with van der Waals surface area (Å²) in [5, 5.41) is 7.46. The Morgan fingerprint density at radius 2 is 1.73 bits per heavy atom. The lowest BCUT2D eigenvalue weighted by molar-refractivity contribution is -0.118. The molecule has 0 aliphatic heterocycles. The number of carbonyl (C=O) groups excluding carboxylic acids is 1. The number of ether oxygens (including phenoxy) is 1. The highest BCUT2D eigenvalue weighted by molar-refractivity contribution is 5.92. The average molecular weight is 536 g/mol. The highest BCUT2D eigenvalue weighted by Crippen LogP contribution is 2.25. The van der Waals surface area contributed by atoms with Crippen LogP contribution in [0.3, 0.4) is 0 Å². The quantitative estimate of drug-likeness (QED) is 0.277. The molecule has 40 heavy (non-hydrogen) atoms. The summed E-state index contributed by atoms with van der Waals surface area (Å²) in [5.74, 6) is -0.314. The first-order valence-corrected chi connectivity index (χ1v) is 12.5. The van der Waals surface area contributed by atoms with Crippen LogP contribution in [0.5, 0.6) is 5.75 Å². The molecule has 5 aromatic rings. The van der Waals surface area contributed by atoms with Gasteiger partial charge in [-0.1, -0.05) is 54.6 Å². The maximum absolute atomic E-state index is 14.0. The monoisotopic (exact) mass is 535 g/mol. The molecule has 0 aliphatic rings. The number of halogens is 1. The summed E-state index contributed by atoms with van der Waals surface area (Å²) in [5.41, 5.74) is 2.40. The zero-order chi connectivity index (χ0) is 28.1. The third-order valence-corrected chi connectivity index (χ3v) is 6.12. The van der Waals surface area contributed by atoms with E-state index < -0.39 is 11.7 Å². The van der Waals surface area contributed by atoms with E-state index >= 15 is 0 Å². The standard InChI is InChI=1S/C31H26FN5O3/c1-36(2)23-17-16-22(28(18-23)40-20-29(38)34-27-15-9-7-13-25(27)32)19-33-37-30(21-10-4-3-5-11-21)35-26-14-8-6-12-24(26)31(37)39/h3-19H,20H2,1-2H3,(H,34,38). The number of hydrogen-bond donors (Lipinski definition) is 1. The topological polar surface area (TPSA) is 88.8 Å². The van der Waals surface area contributed by atoms with E-state index in [0.29, 0.717) is 28.0 Å². The molecule has 1 N–H and O–H groups in total. The lowest BCUT2D eigenvalue weighted by Gasteiger charge is -2.16. The van der Waals surface area contributed by atoms with E-state index in [1.165, 1.54) is 23.0 Å². The molecule has 0 radical (unpaired) electrons. The van der Waals surface area contributed by atoms with Crippen LogP contribution >= 0.6 is 0 Å². The summed E-state index contributed by atoms with van der Waals surface area (Å²) in [6, 6.07) is 27.7. The third kappa shape index (κ3) is 5.73. The average Bonchev–Trinajstić information content (AvgIpc) is 2.97. The Hall–Kier alpha value is -5.31. The van der Waals surface area contributed by atoms with Crippen LogP contribution in [0.15, 0.2) is 107 Å². The summed E-state index contributed by atoms with van der Waals surface area (Å²) in [6.07, 6.45) is 1.49. The Labute approximate surface area is 230 Å². The number of nitrogens with zero attached hydrogens (tertiary/aromatic N) is 4. The molecule has 1 heterocycles. The van der Waals surface area contributed by atoms with Crippen molar-refractivity contribution >= 4 is 34.4 Å². The first kappa shape index (κ1) is 26.3. The molecule has 5 rings (SSSR count).